The molecule has 1 aliphatic rings. The third-order valence-electron chi connectivity index (χ3n) is 2.99. The lowest BCUT2D eigenvalue weighted by Crippen LogP contribution is -2.40. The van der Waals surface area contributed by atoms with E-state index >= 15 is 0 Å². The van der Waals surface area contributed by atoms with Crippen molar-refractivity contribution in [1.29, 1.82) is 10.5 Å². The molecule has 0 aromatic heterocycles. The number of carbonyl (C=O) groups excluding carboxylic acids is 2. The first-order chi connectivity index (χ1) is 11.4. The van der Waals surface area contributed by atoms with Gasteiger partial charge in [-0.1, -0.05) is 0 Å². The van der Waals surface area contributed by atoms with E-state index in [0.29, 0.717) is 26.1 Å². The molecule has 7 nitrogen and oxygen atoms in total. The van der Waals surface area contributed by atoms with E-state index in [1.54, 1.807) is 47.6 Å². The molecule has 0 unspecified atom stereocenters. The molecular weight excluding hydrogens is 324 g/mol. The van der Waals surface area contributed by atoms with Crippen LogP contribution in [0.4, 0.5) is 0 Å². The van der Waals surface area contributed by atoms with Crippen LogP contribution in [0.25, 0.3) is 0 Å². The van der Waals surface area contributed by atoms with E-state index < -0.39 is 28.6 Å². The van der Waals surface area contributed by atoms with Gasteiger partial charge in [-0.3, -0.25) is 9.59 Å². The summed E-state index contributed by atoms with van der Waals surface area (Å²) in [6.07, 6.45) is 0.689. The highest BCUT2D eigenvalue weighted by Gasteiger charge is 2.43. The van der Waals surface area contributed by atoms with Gasteiger partial charge in [0.2, 0.25) is 0 Å². The van der Waals surface area contributed by atoms with Gasteiger partial charge < -0.3 is 14.2 Å². The molecule has 140 valence electrons. The molecule has 0 aromatic rings. The molecule has 1 rings (SSSR count). The quantitative estimate of drug-likeness (QED) is 0.703. The van der Waals surface area contributed by atoms with Gasteiger partial charge in [-0.25, -0.2) is 0 Å². The summed E-state index contributed by atoms with van der Waals surface area (Å²) >= 11 is 0. The molecule has 0 saturated carbocycles. The molecule has 0 amide bonds. The highest BCUT2D eigenvalue weighted by Crippen LogP contribution is 2.32. The first-order valence-corrected chi connectivity index (χ1v) is 8.16. The fourth-order valence-electron chi connectivity index (χ4n) is 1.90. The zero-order valence-corrected chi connectivity index (χ0v) is 16.0. The van der Waals surface area contributed by atoms with Crippen LogP contribution in [0.5, 0.6) is 0 Å². The second kappa shape index (κ2) is 9.39. The van der Waals surface area contributed by atoms with Gasteiger partial charge in [0.25, 0.3) is 0 Å². The summed E-state index contributed by atoms with van der Waals surface area (Å²) in [5.41, 5.74) is -2.02. The Morgan fingerprint density at radius 2 is 1.48 bits per heavy atom. The van der Waals surface area contributed by atoms with E-state index in [1.807, 2.05) is 0 Å². The largest absolute Gasteiger partial charge is 0.459 e. The molecule has 0 bridgehead atoms. The van der Waals surface area contributed by atoms with Crippen LogP contribution >= 0.6 is 0 Å². The van der Waals surface area contributed by atoms with Crippen LogP contribution in [0.2, 0.25) is 0 Å². The Morgan fingerprint density at radius 3 is 1.84 bits per heavy atom. The normalized spacial score (nSPS) is 16.3. The van der Waals surface area contributed by atoms with Gasteiger partial charge in [0.1, 0.15) is 17.6 Å². The third-order valence-corrected chi connectivity index (χ3v) is 2.99. The Kier molecular flexibility index (Phi) is 8.59. The minimum atomic E-state index is -0.995. The lowest BCUT2D eigenvalue weighted by molar-refractivity contribution is -0.168. The SMILES string of the molecule is CC(C)(C)OC(=O)C1(C#N)CCOCC1.CC(C)(C)OC(=O)CC#N. The zero-order valence-electron chi connectivity index (χ0n) is 16.0. The second-order valence-corrected chi connectivity index (χ2v) is 7.73. The summed E-state index contributed by atoms with van der Waals surface area (Å²) in [6, 6.07) is 3.80. The van der Waals surface area contributed by atoms with Crippen molar-refractivity contribution in [3.63, 3.8) is 0 Å². The van der Waals surface area contributed by atoms with E-state index in [4.69, 9.17) is 24.7 Å². The van der Waals surface area contributed by atoms with Crippen molar-refractivity contribution in [2.75, 3.05) is 13.2 Å². The third kappa shape index (κ3) is 9.69. The Hall–Kier alpha value is -2.12. The van der Waals surface area contributed by atoms with Gasteiger partial charge in [-0.15, -0.1) is 0 Å². The predicted molar refractivity (Wildman–Crippen MR) is 90.0 cm³/mol. The van der Waals surface area contributed by atoms with Crippen LogP contribution in [-0.4, -0.2) is 36.4 Å². The van der Waals surface area contributed by atoms with Crippen LogP contribution in [0.15, 0.2) is 0 Å². The number of rotatable bonds is 2. The highest BCUT2D eigenvalue weighted by atomic mass is 16.6. The summed E-state index contributed by atoms with van der Waals surface area (Å²) in [5, 5.41) is 17.2. The molecule has 0 radical (unpaired) electrons. The maximum atomic E-state index is 11.9. The summed E-state index contributed by atoms with van der Waals surface area (Å²) < 4.78 is 15.2. The molecule has 7 heteroatoms. The topological polar surface area (TPSA) is 109 Å². The van der Waals surface area contributed by atoms with Crippen LogP contribution < -0.4 is 0 Å². The molecule has 1 saturated heterocycles. The molecule has 1 aliphatic heterocycles. The van der Waals surface area contributed by atoms with Gasteiger partial charge in [0.15, 0.2) is 5.41 Å². The minimum Gasteiger partial charge on any atom is -0.459 e. The Bertz CT molecular complexity index is 538. The van der Waals surface area contributed by atoms with E-state index in [0.717, 1.165) is 0 Å². The van der Waals surface area contributed by atoms with Crippen LogP contribution in [0, 0.1) is 28.1 Å². The Balaban J connectivity index is 0.000000504. The van der Waals surface area contributed by atoms with Gasteiger partial charge >= 0.3 is 11.9 Å². The minimum absolute atomic E-state index is 0.169. The van der Waals surface area contributed by atoms with E-state index in [2.05, 4.69) is 6.07 Å². The van der Waals surface area contributed by atoms with E-state index in [9.17, 15) is 9.59 Å². The first-order valence-electron chi connectivity index (χ1n) is 8.16. The fourth-order valence-corrected chi connectivity index (χ4v) is 1.90. The summed E-state index contributed by atoms with van der Waals surface area (Å²) in [4.78, 5) is 22.5. The smallest absolute Gasteiger partial charge is 0.327 e. The number of hydrogen-bond acceptors (Lipinski definition) is 7. The maximum Gasteiger partial charge on any atom is 0.327 e. The van der Waals surface area contributed by atoms with Crippen LogP contribution in [-0.2, 0) is 23.8 Å². The van der Waals surface area contributed by atoms with Crippen molar-refractivity contribution < 1.29 is 23.8 Å². The summed E-state index contributed by atoms with van der Waals surface area (Å²) in [7, 11) is 0. The maximum absolute atomic E-state index is 11.9. The molecule has 0 aromatic carbocycles. The number of carbonyl (C=O) groups is 2. The van der Waals surface area contributed by atoms with Crippen molar-refractivity contribution in [1.82, 2.24) is 0 Å². The lowest BCUT2D eigenvalue weighted by atomic mass is 9.82. The van der Waals surface area contributed by atoms with Gasteiger partial charge in [-0.2, -0.15) is 10.5 Å². The molecule has 0 atom stereocenters. The Morgan fingerprint density at radius 1 is 1.00 bits per heavy atom. The lowest BCUT2D eigenvalue weighted by Gasteiger charge is -2.31. The number of nitriles is 2. The zero-order chi connectivity index (χ0) is 19.7. The van der Waals surface area contributed by atoms with Gasteiger partial charge in [0, 0.05) is 26.1 Å². The number of ether oxygens (including phenoxy) is 3. The number of nitrogens with zero attached hydrogens (tertiary/aromatic N) is 2. The van der Waals surface area contributed by atoms with Crippen molar-refractivity contribution in [3.8, 4) is 12.1 Å². The monoisotopic (exact) mass is 352 g/mol. The molecule has 0 N–H and O–H groups in total. The van der Waals surface area contributed by atoms with Crippen molar-refractivity contribution in [2.45, 2.75) is 72.0 Å². The van der Waals surface area contributed by atoms with Gasteiger partial charge in [0.05, 0.1) is 12.1 Å². The van der Waals surface area contributed by atoms with Crippen LogP contribution in [0.1, 0.15) is 60.8 Å². The average Bonchev–Trinajstić information content (AvgIpc) is 2.45. The van der Waals surface area contributed by atoms with Crippen LogP contribution in [0.3, 0.4) is 0 Å². The molecular formula is C18H28N2O5. The Labute approximate surface area is 149 Å². The van der Waals surface area contributed by atoms with E-state index in [-0.39, 0.29) is 6.42 Å². The van der Waals surface area contributed by atoms with Crippen molar-refractivity contribution in [3.05, 3.63) is 0 Å². The average molecular weight is 352 g/mol. The van der Waals surface area contributed by atoms with Crippen molar-refractivity contribution in [2.24, 2.45) is 5.41 Å². The molecule has 1 heterocycles. The molecule has 1 fully saturated rings. The standard InChI is InChI=1S/C11H17NO3.C7H11NO2/c1-10(2,3)15-9(13)11(8-12)4-6-14-7-5-11;1-7(2,3)10-6(9)4-5-8/h4-7H2,1-3H3;4H2,1-3H3. The fraction of sp³-hybridized carbons (Fsp3) is 0.778. The predicted octanol–water partition coefficient (Wildman–Crippen LogP) is 2.89. The first kappa shape index (κ1) is 22.9. The van der Waals surface area contributed by atoms with Crippen molar-refractivity contribution >= 4 is 11.9 Å². The summed E-state index contributed by atoms with van der Waals surface area (Å²) in [5.74, 6) is -0.879. The number of hydrogen-bond donors (Lipinski definition) is 0. The van der Waals surface area contributed by atoms with Gasteiger partial charge in [-0.05, 0) is 41.5 Å². The molecule has 25 heavy (non-hydrogen) atoms. The number of esters is 2. The van der Waals surface area contributed by atoms with E-state index in [1.165, 1.54) is 0 Å². The molecule has 0 spiro atoms. The molecule has 0 aliphatic carbocycles. The summed E-state index contributed by atoms with van der Waals surface area (Å²) in [6.45, 7) is 11.6. The second-order valence-electron chi connectivity index (χ2n) is 7.73. The highest BCUT2D eigenvalue weighted by molar-refractivity contribution is 5.80.